The second-order valence-corrected chi connectivity index (χ2v) is 11.8. The number of hydrogen-bond donors (Lipinski definition) is 0. The maximum atomic E-state index is 11.7. The summed E-state index contributed by atoms with van der Waals surface area (Å²) < 4.78 is 5.27. The zero-order chi connectivity index (χ0) is 29.9. The summed E-state index contributed by atoms with van der Waals surface area (Å²) in [7, 11) is 0. The minimum atomic E-state index is -0.0504. The van der Waals surface area contributed by atoms with Crippen LogP contribution in [0.2, 0.25) is 0 Å². The van der Waals surface area contributed by atoms with Crippen molar-refractivity contribution in [2.45, 2.75) is 189 Å². The highest BCUT2D eigenvalue weighted by molar-refractivity contribution is 5.75. The van der Waals surface area contributed by atoms with Gasteiger partial charge in [0.1, 0.15) is 12.4 Å². The van der Waals surface area contributed by atoms with Crippen LogP contribution < -0.4 is 0 Å². The minimum Gasteiger partial charge on any atom is -0.461 e. The minimum absolute atomic E-state index is 0.0504. The molecule has 0 heterocycles. The fourth-order valence-corrected chi connectivity index (χ4v) is 4.72. The summed E-state index contributed by atoms with van der Waals surface area (Å²) in [5.41, 5.74) is 0. The van der Waals surface area contributed by atoms with Gasteiger partial charge in [0.2, 0.25) is 0 Å². The van der Waals surface area contributed by atoms with Gasteiger partial charge in [-0.3, -0.25) is 4.79 Å². The maximum Gasteiger partial charge on any atom is 0.306 e. The van der Waals surface area contributed by atoms with Crippen molar-refractivity contribution in [2.24, 2.45) is 5.92 Å². The Morgan fingerprint density at radius 1 is 0.575 bits per heavy atom. The third kappa shape index (κ3) is 38.8. The first-order valence-corrected chi connectivity index (χ1v) is 17.4. The van der Waals surface area contributed by atoms with Gasteiger partial charge < -0.3 is 9.53 Å². The Kier molecular flexibility index (Phi) is 36.3. The molecule has 0 saturated carbocycles. The molecule has 0 saturated heterocycles. The van der Waals surface area contributed by atoms with Crippen molar-refractivity contribution in [3.63, 3.8) is 0 Å². The Morgan fingerprint density at radius 2 is 1.05 bits per heavy atom. The van der Waals surface area contributed by atoms with Gasteiger partial charge in [-0.25, -0.2) is 0 Å². The predicted molar refractivity (Wildman–Crippen MR) is 177 cm³/mol. The molecule has 0 rings (SSSR count). The molecular weight excluding hydrogens is 492 g/mol. The van der Waals surface area contributed by atoms with Crippen LogP contribution in [-0.4, -0.2) is 18.4 Å². The molecule has 0 aliphatic carbocycles. The van der Waals surface area contributed by atoms with Crippen LogP contribution in [0.25, 0.3) is 0 Å². The van der Waals surface area contributed by atoms with Crippen LogP contribution in [-0.2, 0) is 14.3 Å². The number of unbranched alkanes of at least 4 members (excludes halogenated alkanes) is 15. The second kappa shape index (κ2) is 35.6. The van der Waals surface area contributed by atoms with Gasteiger partial charge in [0.25, 0.3) is 0 Å². The molecule has 1 atom stereocenters. The SMILES string of the molecule is CC/C=C\CCCCC.CCCCCC/C=C\COC(=O)CCCCCCCC(C)CCCCCCCC(C)=O. The molecule has 0 aliphatic heterocycles. The van der Waals surface area contributed by atoms with E-state index in [0.717, 1.165) is 38.0 Å². The first kappa shape index (κ1) is 40.8. The molecule has 0 N–H and O–H groups in total. The van der Waals surface area contributed by atoms with Crippen LogP contribution in [0.15, 0.2) is 24.3 Å². The van der Waals surface area contributed by atoms with Crippen LogP contribution in [0.5, 0.6) is 0 Å². The Hall–Kier alpha value is -1.38. The molecule has 0 fully saturated rings. The summed E-state index contributed by atoms with van der Waals surface area (Å²) in [5.74, 6) is 1.10. The lowest BCUT2D eigenvalue weighted by molar-refractivity contribution is -0.142. The third-order valence-corrected chi connectivity index (χ3v) is 7.41. The van der Waals surface area contributed by atoms with Gasteiger partial charge in [-0.15, -0.1) is 0 Å². The van der Waals surface area contributed by atoms with E-state index in [4.69, 9.17) is 4.74 Å². The monoisotopic (exact) mass is 563 g/mol. The molecule has 0 radical (unpaired) electrons. The lowest BCUT2D eigenvalue weighted by atomic mass is 9.96. The standard InChI is InChI=1S/C28H52O3.C9H18/c1-4-5-6-7-8-15-20-25-31-28(30)24-19-14-10-12-17-22-26(2)21-16-11-9-13-18-23-27(3)29;1-3-5-7-9-8-6-4-2/h15,20,26H,4-14,16-19,21-25H2,1-3H3;5,7H,3-4,6,8-9H2,1-2H3/b20-15-;7-5-. The zero-order valence-electron chi connectivity index (χ0n) is 27.8. The van der Waals surface area contributed by atoms with E-state index in [1.807, 2.05) is 6.08 Å². The molecule has 0 amide bonds. The highest BCUT2D eigenvalue weighted by Crippen LogP contribution is 2.18. The summed E-state index contributed by atoms with van der Waals surface area (Å²) in [4.78, 5) is 22.6. The largest absolute Gasteiger partial charge is 0.461 e. The van der Waals surface area contributed by atoms with Crippen LogP contribution in [0.3, 0.4) is 0 Å². The first-order valence-electron chi connectivity index (χ1n) is 17.4. The molecule has 0 spiro atoms. The first-order chi connectivity index (χ1) is 19.5. The smallest absolute Gasteiger partial charge is 0.306 e. The summed E-state index contributed by atoms with van der Waals surface area (Å²) >= 11 is 0. The van der Waals surface area contributed by atoms with Gasteiger partial charge in [0.15, 0.2) is 0 Å². The van der Waals surface area contributed by atoms with Crippen molar-refractivity contribution in [2.75, 3.05) is 6.61 Å². The number of carbonyl (C=O) groups excluding carboxylic acids is 2. The fraction of sp³-hybridized carbons (Fsp3) is 0.838. The lowest BCUT2D eigenvalue weighted by Gasteiger charge is -2.11. The molecule has 236 valence electrons. The van der Waals surface area contributed by atoms with Crippen molar-refractivity contribution in [3.05, 3.63) is 24.3 Å². The second-order valence-electron chi connectivity index (χ2n) is 11.8. The van der Waals surface area contributed by atoms with E-state index in [1.165, 1.54) is 116 Å². The van der Waals surface area contributed by atoms with Crippen LogP contribution in [0.4, 0.5) is 0 Å². The molecule has 0 aromatic carbocycles. The number of ether oxygens (including phenoxy) is 1. The highest BCUT2D eigenvalue weighted by atomic mass is 16.5. The Morgan fingerprint density at radius 3 is 1.62 bits per heavy atom. The lowest BCUT2D eigenvalue weighted by Crippen LogP contribution is -2.04. The number of rotatable bonds is 28. The van der Waals surface area contributed by atoms with E-state index in [9.17, 15) is 9.59 Å². The van der Waals surface area contributed by atoms with E-state index in [0.29, 0.717) is 18.8 Å². The molecule has 0 aromatic rings. The topological polar surface area (TPSA) is 43.4 Å². The van der Waals surface area contributed by atoms with Crippen LogP contribution in [0, 0.1) is 5.92 Å². The molecule has 1 unspecified atom stereocenters. The molecule has 3 heteroatoms. The summed E-state index contributed by atoms with van der Waals surface area (Å²) in [6, 6.07) is 0. The molecule has 40 heavy (non-hydrogen) atoms. The number of carbonyl (C=O) groups is 2. The summed E-state index contributed by atoms with van der Waals surface area (Å²) in [6.45, 7) is 11.1. The number of Topliss-reactive ketones (excluding diaryl/α,β-unsaturated/α-hetero) is 1. The van der Waals surface area contributed by atoms with Crippen molar-refractivity contribution in [3.8, 4) is 0 Å². The highest BCUT2D eigenvalue weighted by Gasteiger charge is 2.04. The molecule has 0 aromatic heterocycles. The molecule has 0 aliphatic rings. The van der Waals surface area contributed by atoms with Gasteiger partial charge in [-0.1, -0.05) is 148 Å². The van der Waals surface area contributed by atoms with E-state index in [1.54, 1.807) is 6.92 Å². The Bertz CT molecular complexity index is 578. The fourth-order valence-electron chi connectivity index (χ4n) is 4.72. The van der Waals surface area contributed by atoms with Gasteiger partial charge in [-0.05, 0) is 57.8 Å². The predicted octanol–water partition coefficient (Wildman–Crippen LogP) is 12.3. The normalized spacial score (nSPS) is 12.0. The molecule has 0 bridgehead atoms. The third-order valence-electron chi connectivity index (χ3n) is 7.41. The molecular formula is C37H70O3. The van der Waals surface area contributed by atoms with Gasteiger partial charge >= 0.3 is 5.97 Å². The van der Waals surface area contributed by atoms with Gasteiger partial charge in [0, 0.05) is 12.8 Å². The summed E-state index contributed by atoms with van der Waals surface area (Å²) in [5, 5.41) is 0. The number of hydrogen-bond acceptors (Lipinski definition) is 3. The van der Waals surface area contributed by atoms with E-state index in [-0.39, 0.29) is 5.97 Å². The number of esters is 1. The van der Waals surface area contributed by atoms with E-state index < -0.39 is 0 Å². The van der Waals surface area contributed by atoms with E-state index in [2.05, 4.69) is 45.9 Å². The zero-order valence-corrected chi connectivity index (χ0v) is 27.8. The van der Waals surface area contributed by atoms with E-state index >= 15 is 0 Å². The average molecular weight is 563 g/mol. The van der Waals surface area contributed by atoms with Crippen molar-refractivity contribution in [1.29, 1.82) is 0 Å². The number of ketones is 1. The maximum absolute atomic E-state index is 11.7. The van der Waals surface area contributed by atoms with Gasteiger partial charge in [-0.2, -0.15) is 0 Å². The van der Waals surface area contributed by atoms with Crippen molar-refractivity contribution in [1.82, 2.24) is 0 Å². The van der Waals surface area contributed by atoms with Crippen LogP contribution >= 0.6 is 0 Å². The Labute approximate surface area is 251 Å². The van der Waals surface area contributed by atoms with Crippen molar-refractivity contribution >= 4 is 11.8 Å². The number of allylic oxidation sites excluding steroid dienone is 3. The molecule has 3 nitrogen and oxygen atoms in total. The van der Waals surface area contributed by atoms with Crippen molar-refractivity contribution < 1.29 is 14.3 Å². The quantitative estimate of drug-likeness (QED) is 0.0541. The summed E-state index contributed by atoms with van der Waals surface area (Å²) in [6.07, 6.45) is 37.5. The van der Waals surface area contributed by atoms with Crippen LogP contribution in [0.1, 0.15) is 189 Å². The average Bonchev–Trinajstić information content (AvgIpc) is 2.93. The van der Waals surface area contributed by atoms with Gasteiger partial charge in [0.05, 0.1) is 0 Å². The Balaban J connectivity index is 0.